The highest BCUT2D eigenvalue weighted by atomic mass is 16.6. The minimum atomic E-state index is -0.617. The van der Waals surface area contributed by atoms with Crippen molar-refractivity contribution in [2.45, 2.75) is 58.3 Å². The van der Waals surface area contributed by atoms with E-state index in [4.69, 9.17) is 23.7 Å². The van der Waals surface area contributed by atoms with Gasteiger partial charge in [-0.25, -0.2) is 4.79 Å². The van der Waals surface area contributed by atoms with E-state index in [1.165, 1.54) is 13.2 Å². The van der Waals surface area contributed by atoms with E-state index in [9.17, 15) is 14.4 Å². The van der Waals surface area contributed by atoms with Gasteiger partial charge in [-0.2, -0.15) is 0 Å². The van der Waals surface area contributed by atoms with Gasteiger partial charge in [0.15, 0.2) is 11.5 Å². The number of fused-ring (bicyclic) bond motifs is 2. The molecule has 2 aromatic carbocycles. The minimum absolute atomic E-state index is 0.00751. The fourth-order valence-corrected chi connectivity index (χ4v) is 5.58. The molecule has 0 bridgehead atoms. The molecule has 1 saturated heterocycles. The van der Waals surface area contributed by atoms with Crippen LogP contribution in [-0.4, -0.2) is 78.5 Å². The van der Waals surface area contributed by atoms with E-state index in [0.29, 0.717) is 73.2 Å². The molecule has 11 nitrogen and oxygen atoms in total. The summed E-state index contributed by atoms with van der Waals surface area (Å²) in [6.07, 6.45) is 1.18. The first-order valence-corrected chi connectivity index (χ1v) is 14.6. The molecule has 230 valence electrons. The van der Waals surface area contributed by atoms with Crippen molar-refractivity contribution in [3.8, 4) is 23.0 Å². The van der Waals surface area contributed by atoms with Gasteiger partial charge in [-0.1, -0.05) is 6.07 Å². The van der Waals surface area contributed by atoms with Crippen molar-refractivity contribution in [3.63, 3.8) is 0 Å². The lowest BCUT2D eigenvalue weighted by Crippen LogP contribution is -2.49. The summed E-state index contributed by atoms with van der Waals surface area (Å²) in [5, 5.41) is 0.651. The van der Waals surface area contributed by atoms with Crippen molar-refractivity contribution in [1.82, 2.24) is 14.4 Å². The quantitative estimate of drug-likeness (QED) is 0.337. The lowest BCUT2D eigenvalue weighted by atomic mass is 10.0. The zero-order valence-corrected chi connectivity index (χ0v) is 25.2. The Morgan fingerprint density at radius 1 is 1.02 bits per heavy atom. The molecule has 0 unspecified atom stereocenters. The van der Waals surface area contributed by atoms with Crippen LogP contribution in [0.1, 0.15) is 39.2 Å². The molecule has 1 aromatic heterocycles. The second-order valence-electron chi connectivity index (χ2n) is 11.8. The lowest BCUT2D eigenvalue weighted by molar-refractivity contribution is -0.120. The topological polar surface area (TPSA) is 109 Å². The Morgan fingerprint density at radius 3 is 2.47 bits per heavy atom. The molecular weight excluding hydrogens is 554 g/mol. The predicted octanol–water partition coefficient (Wildman–Crippen LogP) is 4.22. The number of carbonyl (C=O) groups excluding carboxylic acids is 2. The monoisotopic (exact) mass is 593 g/mol. The first kappa shape index (κ1) is 30.2. The first-order valence-electron chi connectivity index (χ1n) is 14.6. The summed E-state index contributed by atoms with van der Waals surface area (Å²) in [4.78, 5) is 41.5. The normalized spacial score (nSPS) is 15.6. The van der Waals surface area contributed by atoms with Crippen LogP contribution in [0.25, 0.3) is 10.9 Å². The number of ether oxygens (including phenoxy) is 5. The molecule has 2 aliphatic heterocycles. The van der Waals surface area contributed by atoms with Crippen LogP contribution in [0, 0.1) is 0 Å². The smallest absolute Gasteiger partial charge is 0.410 e. The number of carbonyl (C=O) groups is 2. The van der Waals surface area contributed by atoms with Crippen molar-refractivity contribution < 1.29 is 33.3 Å². The van der Waals surface area contributed by atoms with E-state index in [1.807, 2.05) is 43.9 Å². The summed E-state index contributed by atoms with van der Waals surface area (Å²) in [5.74, 6) is 2.22. The third kappa shape index (κ3) is 7.22. The number of piperidine rings is 1. The van der Waals surface area contributed by atoms with E-state index < -0.39 is 5.60 Å². The molecule has 0 atom stereocenters. The molecule has 5 rings (SSSR count). The second-order valence-corrected chi connectivity index (χ2v) is 11.8. The standard InChI is InChI=1S/C32H39N3O8/c1-32(2,3)43-31(38)35(20-22-5-7-27-29(17-22)41-16-15-40-27)23-9-11-33(12-10-23)13-14-34-26-18-24(39-4)19-28(42-21-36)25(26)6-8-30(34)37/h5-8,17-19,21,23H,9-16,20H2,1-4H3. The number of likely N-dealkylation sites (tertiary alicyclic amines) is 1. The van der Waals surface area contributed by atoms with Crippen molar-refractivity contribution >= 4 is 23.5 Å². The van der Waals surface area contributed by atoms with Gasteiger partial charge in [-0.05, 0) is 57.4 Å². The number of hydrogen-bond donors (Lipinski definition) is 0. The summed E-state index contributed by atoms with van der Waals surface area (Å²) in [5.41, 5.74) is 0.812. The Kier molecular flexibility index (Phi) is 9.10. The summed E-state index contributed by atoms with van der Waals surface area (Å²) in [6.45, 7) is 9.99. The van der Waals surface area contributed by atoms with Gasteiger partial charge in [0.2, 0.25) is 0 Å². The highest BCUT2D eigenvalue weighted by molar-refractivity contribution is 5.88. The van der Waals surface area contributed by atoms with Gasteiger partial charge in [0, 0.05) is 62.4 Å². The van der Waals surface area contributed by atoms with E-state index >= 15 is 0 Å². The van der Waals surface area contributed by atoms with Gasteiger partial charge in [0.25, 0.3) is 12.0 Å². The average molecular weight is 594 g/mol. The Bertz CT molecular complexity index is 1520. The molecular formula is C32H39N3O8. The van der Waals surface area contributed by atoms with E-state index in [1.54, 1.807) is 22.8 Å². The number of amides is 1. The van der Waals surface area contributed by atoms with Crippen LogP contribution in [0.15, 0.2) is 47.3 Å². The Hall–Kier alpha value is -4.25. The summed E-state index contributed by atoms with van der Waals surface area (Å²) in [7, 11) is 1.52. The molecule has 3 aromatic rings. The van der Waals surface area contributed by atoms with E-state index in [-0.39, 0.29) is 17.7 Å². The highest BCUT2D eigenvalue weighted by Gasteiger charge is 2.31. The van der Waals surface area contributed by atoms with Gasteiger partial charge in [0.05, 0.1) is 12.6 Å². The number of pyridine rings is 1. The van der Waals surface area contributed by atoms with Gasteiger partial charge in [0.1, 0.15) is 30.3 Å². The molecule has 43 heavy (non-hydrogen) atoms. The number of hydrogen-bond acceptors (Lipinski definition) is 9. The number of rotatable bonds is 9. The second kappa shape index (κ2) is 12.9. The van der Waals surface area contributed by atoms with Gasteiger partial charge in [-0.3, -0.25) is 9.59 Å². The van der Waals surface area contributed by atoms with Gasteiger partial charge in [-0.15, -0.1) is 0 Å². The lowest BCUT2D eigenvalue weighted by Gasteiger charge is -2.39. The molecule has 0 radical (unpaired) electrons. The Labute approximate surface area is 250 Å². The van der Waals surface area contributed by atoms with Gasteiger partial charge >= 0.3 is 6.09 Å². The third-order valence-electron chi connectivity index (χ3n) is 7.68. The average Bonchev–Trinajstić information content (AvgIpc) is 2.98. The number of aromatic nitrogens is 1. The van der Waals surface area contributed by atoms with Crippen LogP contribution < -0.4 is 24.5 Å². The van der Waals surface area contributed by atoms with Crippen LogP contribution in [0.3, 0.4) is 0 Å². The third-order valence-corrected chi connectivity index (χ3v) is 7.68. The molecule has 2 aliphatic rings. The van der Waals surface area contributed by atoms with Crippen LogP contribution in [-0.2, 0) is 22.6 Å². The maximum absolute atomic E-state index is 13.4. The molecule has 0 aliphatic carbocycles. The number of nitrogens with zero attached hydrogens (tertiary/aromatic N) is 3. The molecule has 11 heteroatoms. The summed E-state index contributed by atoms with van der Waals surface area (Å²) < 4.78 is 29.4. The van der Waals surface area contributed by atoms with Crippen LogP contribution in [0.4, 0.5) is 4.79 Å². The van der Waals surface area contributed by atoms with Crippen molar-refractivity contribution in [3.05, 3.63) is 58.4 Å². The van der Waals surface area contributed by atoms with Crippen LogP contribution >= 0.6 is 0 Å². The maximum atomic E-state index is 13.4. The molecule has 3 heterocycles. The van der Waals surface area contributed by atoms with Crippen LogP contribution in [0.2, 0.25) is 0 Å². The SMILES string of the molecule is COc1cc(OC=O)c2ccc(=O)n(CCN3CCC(N(Cc4ccc5c(c4)OCCO5)C(=O)OC(C)(C)C)CC3)c2c1. The Morgan fingerprint density at radius 2 is 1.77 bits per heavy atom. The molecule has 1 fully saturated rings. The highest BCUT2D eigenvalue weighted by Crippen LogP contribution is 2.33. The number of methoxy groups -OCH3 is 1. The minimum Gasteiger partial charge on any atom is -0.497 e. The predicted molar refractivity (Wildman–Crippen MR) is 160 cm³/mol. The molecule has 0 saturated carbocycles. The molecule has 0 spiro atoms. The van der Waals surface area contributed by atoms with Crippen molar-refractivity contribution in [2.24, 2.45) is 0 Å². The molecule has 1 amide bonds. The largest absolute Gasteiger partial charge is 0.497 e. The van der Waals surface area contributed by atoms with E-state index in [0.717, 1.165) is 31.5 Å². The first-order chi connectivity index (χ1) is 20.6. The summed E-state index contributed by atoms with van der Waals surface area (Å²) >= 11 is 0. The zero-order valence-electron chi connectivity index (χ0n) is 25.2. The number of benzene rings is 2. The fraction of sp³-hybridized carbons (Fsp3) is 0.469. The molecule has 0 N–H and O–H groups in total. The maximum Gasteiger partial charge on any atom is 0.410 e. The van der Waals surface area contributed by atoms with Crippen molar-refractivity contribution in [1.29, 1.82) is 0 Å². The zero-order chi connectivity index (χ0) is 30.6. The van der Waals surface area contributed by atoms with Gasteiger partial charge < -0.3 is 38.1 Å². The summed E-state index contributed by atoms with van der Waals surface area (Å²) in [6, 6.07) is 12.3. The fourth-order valence-electron chi connectivity index (χ4n) is 5.58. The van der Waals surface area contributed by atoms with Crippen molar-refractivity contribution in [2.75, 3.05) is 40.0 Å². The Balaban J connectivity index is 1.28. The van der Waals surface area contributed by atoms with Crippen LogP contribution in [0.5, 0.6) is 23.0 Å². The van der Waals surface area contributed by atoms with E-state index in [2.05, 4.69) is 4.90 Å².